The Labute approximate surface area is 130 Å². The van der Waals surface area contributed by atoms with E-state index in [4.69, 9.17) is 0 Å². The third-order valence-corrected chi connectivity index (χ3v) is 3.08. The molecule has 0 saturated carbocycles. The van der Waals surface area contributed by atoms with Gasteiger partial charge in [0.15, 0.2) is 0 Å². The van der Waals surface area contributed by atoms with Crippen LogP contribution < -0.4 is 10.6 Å². The molecule has 1 amide bonds. The summed E-state index contributed by atoms with van der Waals surface area (Å²) in [6.45, 7) is 2.72. The number of halogens is 3. The highest BCUT2D eigenvalue weighted by atomic mass is 35.5. The largest absolute Gasteiger partial charge is 0.349 e. The number of amides is 1. The summed E-state index contributed by atoms with van der Waals surface area (Å²) < 4.78 is 26.7. The molecule has 0 saturated heterocycles. The van der Waals surface area contributed by atoms with E-state index in [2.05, 4.69) is 10.6 Å². The molecule has 1 rings (SSSR count). The van der Waals surface area contributed by atoms with E-state index in [1.165, 1.54) is 12.1 Å². The molecule has 0 aliphatic heterocycles. The van der Waals surface area contributed by atoms with Crippen LogP contribution in [0.2, 0.25) is 0 Å². The summed E-state index contributed by atoms with van der Waals surface area (Å²) in [4.78, 5) is 11.8. The average molecular weight is 321 g/mol. The van der Waals surface area contributed by atoms with E-state index < -0.39 is 17.7 Å². The highest BCUT2D eigenvalue weighted by molar-refractivity contribution is 5.85. The monoisotopic (exact) mass is 320 g/mol. The first-order valence-electron chi connectivity index (χ1n) is 6.97. The van der Waals surface area contributed by atoms with Gasteiger partial charge in [-0.1, -0.05) is 19.4 Å². The van der Waals surface area contributed by atoms with E-state index in [0.29, 0.717) is 18.4 Å². The van der Waals surface area contributed by atoms with Crippen LogP contribution in [0.1, 0.15) is 44.2 Å². The van der Waals surface area contributed by atoms with Gasteiger partial charge < -0.3 is 10.6 Å². The van der Waals surface area contributed by atoms with Crippen molar-refractivity contribution in [1.29, 1.82) is 0 Å². The standard InChI is InChI=1S/C15H22F2N2O.ClH/c1-3-5-14(19-15(20)6-4-9-18-2)12-8-7-11(16)10-13(12)17;/h7-8,10,14,18H,3-6,9H2,1-2H3,(H,19,20);1H. The molecule has 6 heteroatoms. The SMILES string of the molecule is CCCC(NC(=O)CCCNC)c1ccc(F)cc1F.Cl. The van der Waals surface area contributed by atoms with Gasteiger partial charge in [0.1, 0.15) is 11.6 Å². The quantitative estimate of drug-likeness (QED) is 0.721. The molecule has 21 heavy (non-hydrogen) atoms. The van der Waals surface area contributed by atoms with Gasteiger partial charge in [0.05, 0.1) is 6.04 Å². The Morgan fingerprint density at radius 3 is 2.62 bits per heavy atom. The van der Waals surface area contributed by atoms with Crippen molar-refractivity contribution in [2.45, 2.75) is 38.6 Å². The topological polar surface area (TPSA) is 41.1 Å². The predicted molar refractivity (Wildman–Crippen MR) is 82.6 cm³/mol. The molecule has 3 nitrogen and oxygen atoms in total. The minimum absolute atomic E-state index is 0. The van der Waals surface area contributed by atoms with Crippen LogP contribution in [0.4, 0.5) is 8.78 Å². The maximum Gasteiger partial charge on any atom is 0.220 e. The molecule has 0 spiro atoms. The van der Waals surface area contributed by atoms with Gasteiger partial charge in [0.25, 0.3) is 0 Å². The van der Waals surface area contributed by atoms with Crippen LogP contribution >= 0.6 is 12.4 Å². The van der Waals surface area contributed by atoms with Crippen molar-refractivity contribution in [3.8, 4) is 0 Å². The zero-order valence-corrected chi connectivity index (χ0v) is 13.2. The van der Waals surface area contributed by atoms with Crippen LogP contribution in [0.5, 0.6) is 0 Å². The molecule has 120 valence electrons. The molecule has 0 fully saturated rings. The fourth-order valence-corrected chi connectivity index (χ4v) is 2.07. The Morgan fingerprint density at radius 2 is 2.05 bits per heavy atom. The van der Waals surface area contributed by atoms with Crippen molar-refractivity contribution in [2.75, 3.05) is 13.6 Å². The van der Waals surface area contributed by atoms with Crippen LogP contribution in [0, 0.1) is 11.6 Å². The minimum atomic E-state index is -0.612. The third-order valence-electron chi connectivity index (χ3n) is 3.08. The van der Waals surface area contributed by atoms with Gasteiger partial charge >= 0.3 is 0 Å². The number of hydrogen-bond acceptors (Lipinski definition) is 2. The molecule has 0 heterocycles. The van der Waals surface area contributed by atoms with Gasteiger partial charge in [-0.15, -0.1) is 12.4 Å². The summed E-state index contributed by atoms with van der Waals surface area (Å²) >= 11 is 0. The third kappa shape index (κ3) is 6.87. The zero-order chi connectivity index (χ0) is 15.0. The van der Waals surface area contributed by atoms with E-state index >= 15 is 0 Å². The summed E-state index contributed by atoms with van der Waals surface area (Å²) in [6, 6.07) is 3.07. The van der Waals surface area contributed by atoms with Crippen molar-refractivity contribution >= 4 is 18.3 Å². The van der Waals surface area contributed by atoms with Gasteiger partial charge in [0.2, 0.25) is 5.91 Å². The molecule has 0 aliphatic rings. The van der Waals surface area contributed by atoms with Crippen molar-refractivity contribution in [3.05, 3.63) is 35.4 Å². The minimum Gasteiger partial charge on any atom is -0.349 e. The number of rotatable bonds is 8. The first kappa shape index (κ1) is 19.8. The first-order valence-corrected chi connectivity index (χ1v) is 6.97. The molecule has 0 aromatic heterocycles. The second-order valence-corrected chi connectivity index (χ2v) is 4.78. The maximum atomic E-state index is 13.8. The lowest BCUT2D eigenvalue weighted by Gasteiger charge is -2.19. The summed E-state index contributed by atoms with van der Waals surface area (Å²) in [5.41, 5.74) is 0.343. The highest BCUT2D eigenvalue weighted by Gasteiger charge is 2.17. The van der Waals surface area contributed by atoms with Gasteiger partial charge in [-0.25, -0.2) is 8.78 Å². The lowest BCUT2D eigenvalue weighted by Crippen LogP contribution is -2.29. The fraction of sp³-hybridized carbons (Fsp3) is 0.533. The van der Waals surface area contributed by atoms with Gasteiger partial charge in [0, 0.05) is 18.1 Å². The molecule has 0 bridgehead atoms. The summed E-state index contributed by atoms with van der Waals surface area (Å²) in [5.74, 6) is -1.33. The van der Waals surface area contributed by atoms with E-state index in [1.807, 2.05) is 14.0 Å². The van der Waals surface area contributed by atoms with Crippen molar-refractivity contribution in [3.63, 3.8) is 0 Å². The van der Waals surface area contributed by atoms with Gasteiger partial charge in [-0.3, -0.25) is 4.79 Å². The Hall–Kier alpha value is -1.20. The molecule has 1 aromatic rings. The number of hydrogen-bond donors (Lipinski definition) is 2. The average Bonchev–Trinajstić information content (AvgIpc) is 2.38. The van der Waals surface area contributed by atoms with Gasteiger partial charge in [-0.05, 0) is 32.5 Å². The summed E-state index contributed by atoms with van der Waals surface area (Å²) in [5, 5.41) is 5.79. The highest BCUT2D eigenvalue weighted by Crippen LogP contribution is 2.22. The first-order chi connectivity index (χ1) is 9.58. The van der Waals surface area contributed by atoms with E-state index in [0.717, 1.165) is 25.5 Å². The predicted octanol–water partition coefficient (Wildman–Crippen LogP) is 3.34. The van der Waals surface area contributed by atoms with E-state index in [9.17, 15) is 13.6 Å². The van der Waals surface area contributed by atoms with Crippen LogP contribution in [-0.2, 0) is 4.79 Å². The van der Waals surface area contributed by atoms with E-state index in [1.54, 1.807) is 0 Å². The smallest absolute Gasteiger partial charge is 0.220 e. The normalized spacial score (nSPS) is 11.6. The second-order valence-electron chi connectivity index (χ2n) is 4.78. The molecule has 0 radical (unpaired) electrons. The molecule has 1 aromatic carbocycles. The Bertz CT molecular complexity index is 444. The lowest BCUT2D eigenvalue weighted by atomic mass is 10.0. The second kappa shape index (κ2) is 10.5. The molecular weight excluding hydrogens is 298 g/mol. The fourth-order valence-electron chi connectivity index (χ4n) is 2.07. The Balaban J connectivity index is 0.00000400. The van der Waals surface area contributed by atoms with Crippen LogP contribution in [0.15, 0.2) is 18.2 Å². The van der Waals surface area contributed by atoms with Crippen LogP contribution in [0.3, 0.4) is 0 Å². The van der Waals surface area contributed by atoms with Gasteiger partial charge in [-0.2, -0.15) is 0 Å². The Kier molecular flexibility index (Phi) is 9.91. The summed E-state index contributed by atoms with van der Waals surface area (Å²) in [7, 11) is 1.83. The summed E-state index contributed by atoms with van der Waals surface area (Å²) in [6.07, 6.45) is 2.55. The molecular formula is C15H23ClF2N2O. The van der Waals surface area contributed by atoms with Crippen LogP contribution in [0.25, 0.3) is 0 Å². The van der Waals surface area contributed by atoms with Crippen molar-refractivity contribution in [1.82, 2.24) is 10.6 Å². The number of carbonyl (C=O) groups is 1. The zero-order valence-electron chi connectivity index (χ0n) is 12.4. The van der Waals surface area contributed by atoms with Crippen LogP contribution in [-0.4, -0.2) is 19.5 Å². The molecule has 1 atom stereocenters. The van der Waals surface area contributed by atoms with Crippen molar-refractivity contribution < 1.29 is 13.6 Å². The molecule has 0 aliphatic carbocycles. The van der Waals surface area contributed by atoms with E-state index in [-0.39, 0.29) is 18.3 Å². The number of benzene rings is 1. The number of carbonyl (C=O) groups excluding carboxylic acids is 1. The lowest BCUT2D eigenvalue weighted by molar-refractivity contribution is -0.122. The molecule has 2 N–H and O–H groups in total. The Morgan fingerprint density at radius 1 is 1.33 bits per heavy atom. The molecule has 1 unspecified atom stereocenters. The number of nitrogens with one attached hydrogen (secondary N) is 2. The maximum absolute atomic E-state index is 13.8. The van der Waals surface area contributed by atoms with Crippen molar-refractivity contribution in [2.24, 2.45) is 0 Å².